The van der Waals surface area contributed by atoms with Crippen molar-refractivity contribution in [3.05, 3.63) is 29.8 Å². The lowest BCUT2D eigenvalue weighted by molar-refractivity contribution is 0.0988. The number of nitrogens with two attached hydrogens (primary N) is 1. The van der Waals surface area contributed by atoms with Crippen molar-refractivity contribution in [2.75, 3.05) is 0 Å². The molecule has 0 amide bonds. The number of hydrogen-bond donors (Lipinski definition) is 2. The normalized spacial score (nSPS) is 20.2. The Morgan fingerprint density at radius 2 is 1.84 bits per heavy atom. The molecule has 4 heteroatoms. The van der Waals surface area contributed by atoms with Crippen LogP contribution in [0.1, 0.15) is 45.1 Å². The van der Waals surface area contributed by atoms with Gasteiger partial charge >= 0.3 is 0 Å². The molecular weight excluding hydrogens is 240 g/mol. The Bertz CT molecular complexity index is 442. The zero-order chi connectivity index (χ0) is 13.9. The summed E-state index contributed by atoms with van der Waals surface area (Å²) in [6, 6.07) is 7.34. The molecule has 3 N–H and O–H groups in total. The standard InChI is InChI=1S/C15H22N2O2/c1-15(2)9-7-13(8-10-15)19-12-5-3-11(4-6-12)14(16)17-18/h3-6,13,18H,7-10H2,1-2H3,(H2,16,17). The summed E-state index contributed by atoms with van der Waals surface area (Å²) in [6.07, 6.45) is 4.94. The minimum Gasteiger partial charge on any atom is -0.490 e. The average Bonchev–Trinajstić information content (AvgIpc) is 2.41. The van der Waals surface area contributed by atoms with Crippen LogP contribution in [0.15, 0.2) is 29.4 Å². The fourth-order valence-corrected chi connectivity index (χ4v) is 2.45. The van der Waals surface area contributed by atoms with Crippen LogP contribution in [0, 0.1) is 5.41 Å². The summed E-state index contributed by atoms with van der Waals surface area (Å²) >= 11 is 0. The summed E-state index contributed by atoms with van der Waals surface area (Å²) in [5.74, 6) is 0.963. The van der Waals surface area contributed by atoms with Gasteiger partial charge in [0.25, 0.3) is 0 Å². The molecule has 0 saturated heterocycles. The van der Waals surface area contributed by atoms with Gasteiger partial charge in [-0.1, -0.05) is 19.0 Å². The number of amidine groups is 1. The van der Waals surface area contributed by atoms with Crippen LogP contribution in [-0.2, 0) is 0 Å². The molecule has 104 valence electrons. The number of ether oxygens (including phenoxy) is 1. The molecule has 1 saturated carbocycles. The molecule has 0 unspecified atom stereocenters. The van der Waals surface area contributed by atoms with Crippen molar-refractivity contribution >= 4 is 5.84 Å². The maximum Gasteiger partial charge on any atom is 0.170 e. The first-order valence-corrected chi connectivity index (χ1v) is 6.75. The van der Waals surface area contributed by atoms with Gasteiger partial charge in [-0.2, -0.15) is 0 Å². The summed E-state index contributed by atoms with van der Waals surface area (Å²) in [5.41, 5.74) is 6.67. The first kappa shape index (κ1) is 13.7. The van der Waals surface area contributed by atoms with Gasteiger partial charge in [0.15, 0.2) is 5.84 Å². The highest BCUT2D eigenvalue weighted by atomic mass is 16.5. The van der Waals surface area contributed by atoms with E-state index in [1.54, 1.807) is 12.1 Å². The second-order valence-corrected chi connectivity index (χ2v) is 5.99. The molecule has 1 aliphatic rings. The lowest BCUT2D eigenvalue weighted by Crippen LogP contribution is -2.28. The molecule has 19 heavy (non-hydrogen) atoms. The fraction of sp³-hybridized carbons (Fsp3) is 0.533. The smallest absolute Gasteiger partial charge is 0.170 e. The summed E-state index contributed by atoms with van der Waals surface area (Å²) in [5, 5.41) is 11.6. The van der Waals surface area contributed by atoms with E-state index >= 15 is 0 Å². The Labute approximate surface area is 114 Å². The van der Waals surface area contributed by atoms with E-state index in [2.05, 4.69) is 19.0 Å². The lowest BCUT2D eigenvalue weighted by Gasteiger charge is -2.34. The predicted molar refractivity (Wildman–Crippen MR) is 75.6 cm³/mol. The van der Waals surface area contributed by atoms with Crippen molar-refractivity contribution in [3.63, 3.8) is 0 Å². The van der Waals surface area contributed by atoms with Crippen LogP contribution in [0.4, 0.5) is 0 Å². The average molecular weight is 262 g/mol. The van der Waals surface area contributed by atoms with E-state index in [9.17, 15) is 0 Å². The van der Waals surface area contributed by atoms with Crippen molar-refractivity contribution in [1.29, 1.82) is 0 Å². The van der Waals surface area contributed by atoms with Gasteiger partial charge in [0, 0.05) is 5.56 Å². The Hall–Kier alpha value is -1.71. The molecule has 1 aromatic carbocycles. The van der Waals surface area contributed by atoms with Crippen LogP contribution in [0.2, 0.25) is 0 Å². The zero-order valence-electron chi connectivity index (χ0n) is 11.6. The van der Waals surface area contributed by atoms with Gasteiger partial charge in [0.1, 0.15) is 5.75 Å². The molecule has 0 heterocycles. The topological polar surface area (TPSA) is 67.8 Å². The predicted octanol–water partition coefficient (Wildman–Crippen LogP) is 3.13. The Morgan fingerprint density at radius 3 is 2.37 bits per heavy atom. The summed E-state index contributed by atoms with van der Waals surface area (Å²) in [4.78, 5) is 0. The largest absolute Gasteiger partial charge is 0.490 e. The van der Waals surface area contributed by atoms with Crippen molar-refractivity contribution in [1.82, 2.24) is 0 Å². The van der Waals surface area contributed by atoms with E-state index < -0.39 is 0 Å². The van der Waals surface area contributed by atoms with Gasteiger partial charge in [-0.3, -0.25) is 0 Å². The monoisotopic (exact) mass is 262 g/mol. The fourth-order valence-electron chi connectivity index (χ4n) is 2.45. The highest BCUT2D eigenvalue weighted by molar-refractivity contribution is 5.97. The van der Waals surface area contributed by atoms with E-state index in [4.69, 9.17) is 15.7 Å². The first-order chi connectivity index (χ1) is 9.00. The second kappa shape index (κ2) is 5.51. The summed E-state index contributed by atoms with van der Waals surface area (Å²) in [6.45, 7) is 4.63. The lowest BCUT2D eigenvalue weighted by atomic mass is 9.76. The van der Waals surface area contributed by atoms with Gasteiger partial charge in [-0.25, -0.2) is 0 Å². The minimum absolute atomic E-state index is 0.117. The molecule has 1 aliphatic carbocycles. The third kappa shape index (κ3) is 3.63. The summed E-state index contributed by atoms with van der Waals surface area (Å²) < 4.78 is 5.97. The highest BCUT2D eigenvalue weighted by Crippen LogP contribution is 2.36. The summed E-state index contributed by atoms with van der Waals surface area (Å²) in [7, 11) is 0. The van der Waals surface area contributed by atoms with Crippen LogP contribution in [0.25, 0.3) is 0 Å². The van der Waals surface area contributed by atoms with E-state index in [-0.39, 0.29) is 5.84 Å². The number of nitrogens with zero attached hydrogens (tertiary/aromatic N) is 1. The number of rotatable bonds is 3. The quantitative estimate of drug-likeness (QED) is 0.380. The number of hydrogen-bond acceptors (Lipinski definition) is 3. The number of benzene rings is 1. The Kier molecular flexibility index (Phi) is 3.98. The van der Waals surface area contributed by atoms with Gasteiger partial charge in [-0.05, 0) is 55.4 Å². The Morgan fingerprint density at radius 1 is 1.26 bits per heavy atom. The van der Waals surface area contributed by atoms with E-state index in [0.29, 0.717) is 17.1 Å². The minimum atomic E-state index is 0.117. The molecule has 2 rings (SSSR count). The number of oxime groups is 1. The maximum atomic E-state index is 8.60. The van der Waals surface area contributed by atoms with Crippen molar-refractivity contribution in [2.45, 2.75) is 45.6 Å². The second-order valence-electron chi connectivity index (χ2n) is 5.99. The van der Waals surface area contributed by atoms with Gasteiger partial charge < -0.3 is 15.7 Å². The van der Waals surface area contributed by atoms with Gasteiger partial charge in [0.05, 0.1) is 6.10 Å². The SMILES string of the molecule is CC1(C)CCC(Oc2ccc(/C(N)=N/O)cc2)CC1. The molecule has 0 spiro atoms. The molecule has 0 aliphatic heterocycles. The molecule has 0 bridgehead atoms. The molecule has 0 radical (unpaired) electrons. The van der Waals surface area contributed by atoms with Crippen LogP contribution >= 0.6 is 0 Å². The molecular formula is C15H22N2O2. The van der Waals surface area contributed by atoms with Gasteiger partial charge in [0.2, 0.25) is 0 Å². The Balaban J connectivity index is 1.94. The third-order valence-electron chi connectivity index (χ3n) is 3.85. The van der Waals surface area contributed by atoms with Crippen LogP contribution in [0.5, 0.6) is 5.75 Å². The molecule has 4 nitrogen and oxygen atoms in total. The highest BCUT2D eigenvalue weighted by Gasteiger charge is 2.27. The molecule has 1 aromatic rings. The zero-order valence-corrected chi connectivity index (χ0v) is 11.6. The van der Waals surface area contributed by atoms with Gasteiger partial charge in [-0.15, -0.1) is 0 Å². The first-order valence-electron chi connectivity index (χ1n) is 6.75. The van der Waals surface area contributed by atoms with E-state index in [0.717, 1.165) is 18.6 Å². The van der Waals surface area contributed by atoms with E-state index in [1.165, 1.54) is 12.8 Å². The van der Waals surface area contributed by atoms with E-state index in [1.807, 2.05) is 12.1 Å². The maximum absolute atomic E-state index is 8.60. The third-order valence-corrected chi connectivity index (χ3v) is 3.85. The van der Waals surface area contributed by atoms with Crippen LogP contribution in [0.3, 0.4) is 0 Å². The van der Waals surface area contributed by atoms with Crippen molar-refractivity contribution < 1.29 is 9.94 Å². The molecule has 0 aromatic heterocycles. The van der Waals surface area contributed by atoms with Crippen molar-refractivity contribution in [3.8, 4) is 5.75 Å². The molecule has 1 fully saturated rings. The van der Waals surface area contributed by atoms with Crippen LogP contribution in [-0.4, -0.2) is 17.1 Å². The van der Waals surface area contributed by atoms with Crippen molar-refractivity contribution in [2.24, 2.45) is 16.3 Å². The van der Waals surface area contributed by atoms with Crippen LogP contribution < -0.4 is 10.5 Å². The molecule has 0 atom stereocenters.